The first-order chi connectivity index (χ1) is 9.42. The standard InChI is InChI=1S/C17H26N2/c1-3-7-15(8-4-1)18-16-9-11-17(12-10-16)19-13-5-2-6-14-19/h9-12,15,18H,1-8,13-14H2. The van der Waals surface area contributed by atoms with Crippen molar-refractivity contribution in [2.45, 2.75) is 57.4 Å². The highest BCUT2D eigenvalue weighted by atomic mass is 15.1. The summed E-state index contributed by atoms with van der Waals surface area (Å²) in [5.41, 5.74) is 2.70. The maximum Gasteiger partial charge on any atom is 0.0367 e. The topological polar surface area (TPSA) is 15.3 Å². The van der Waals surface area contributed by atoms with Crippen molar-refractivity contribution < 1.29 is 0 Å². The third kappa shape index (κ3) is 3.43. The molecule has 0 atom stereocenters. The highest BCUT2D eigenvalue weighted by molar-refractivity contribution is 5.55. The Hall–Kier alpha value is -1.18. The van der Waals surface area contributed by atoms with Crippen LogP contribution in [0.5, 0.6) is 0 Å². The zero-order chi connectivity index (χ0) is 12.9. The summed E-state index contributed by atoms with van der Waals surface area (Å²) in [5, 5.41) is 3.69. The minimum Gasteiger partial charge on any atom is -0.382 e. The minimum absolute atomic E-state index is 0.703. The Labute approximate surface area is 117 Å². The smallest absolute Gasteiger partial charge is 0.0367 e. The van der Waals surface area contributed by atoms with Crippen LogP contribution in [0.1, 0.15) is 51.4 Å². The van der Waals surface area contributed by atoms with Crippen molar-refractivity contribution in [3.05, 3.63) is 24.3 Å². The fourth-order valence-electron chi connectivity index (χ4n) is 3.40. The van der Waals surface area contributed by atoms with Crippen molar-refractivity contribution in [3.63, 3.8) is 0 Å². The number of piperidine rings is 1. The lowest BCUT2D eigenvalue weighted by Gasteiger charge is -2.29. The number of nitrogens with one attached hydrogen (secondary N) is 1. The van der Waals surface area contributed by atoms with Gasteiger partial charge in [-0.05, 0) is 56.4 Å². The molecule has 1 aromatic rings. The molecule has 1 saturated carbocycles. The largest absolute Gasteiger partial charge is 0.382 e. The zero-order valence-electron chi connectivity index (χ0n) is 11.9. The molecule has 19 heavy (non-hydrogen) atoms. The van der Waals surface area contributed by atoms with Gasteiger partial charge in [-0.15, -0.1) is 0 Å². The minimum atomic E-state index is 0.703. The van der Waals surface area contributed by atoms with E-state index in [-0.39, 0.29) is 0 Å². The molecule has 0 radical (unpaired) electrons. The molecule has 2 fully saturated rings. The van der Waals surface area contributed by atoms with E-state index in [4.69, 9.17) is 0 Å². The second kappa shape index (κ2) is 6.31. The van der Waals surface area contributed by atoms with Crippen LogP contribution in [0, 0.1) is 0 Å². The molecule has 0 amide bonds. The van der Waals surface area contributed by atoms with Gasteiger partial charge in [0.05, 0.1) is 0 Å². The lowest BCUT2D eigenvalue weighted by atomic mass is 9.95. The quantitative estimate of drug-likeness (QED) is 0.863. The van der Waals surface area contributed by atoms with Gasteiger partial charge in [0.25, 0.3) is 0 Å². The molecule has 0 unspecified atom stereocenters. The molecule has 1 aliphatic heterocycles. The van der Waals surface area contributed by atoms with Crippen molar-refractivity contribution in [2.75, 3.05) is 23.3 Å². The van der Waals surface area contributed by atoms with Crippen molar-refractivity contribution in [3.8, 4) is 0 Å². The zero-order valence-corrected chi connectivity index (χ0v) is 11.9. The molecule has 1 saturated heterocycles. The summed E-state index contributed by atoms with van der Waals surface area (Å²) >= 11 is 0. The van der Waals surface area contributed by atoms with Gasteiger partial charge in [-0.2, -0.15) is 0 Å². The summed E-state index contributed by atoms with van der Waals surface area (Å²) in [6.45, 7) is 2.46. The Morgan fingerprint density at radius 3 is 2.11 bits per heavy atom. The molecule has 2 nitrogen and oxygen atoms in total. The second-order valence-corrected chi connectivity index (χ2v) is 6.07. The molecule has 0 aromatic heterocycles. The second-order valence-electron chi connectivity index (χ2n) is 6.07. The first-order valence-electron chi connectivity index (χ1n) is 8.03. The summed E-state index contributed by atoms with van der Waals surface area (Å²) < 4.78 is 0. The Balaban J connectivity index is 1.58. The number of benzene rings is 1. The first kappa shape index (κ1) is 12.8. The molecular weight excluding hydrogens is 232 g/mol. The number of anilines is 2. The van der Waals surface area contributed by atoms with E-state index in [0.29, 0.717) is 6.04 Å². The Morgan fingerprint density at radius 1 is 0.789 bits per heavy atom. The van der Waals surface area contributed by atoms with Crippen molar-refractivity contribution in [1.82, 2.24) is 0 Å². The number of hydrogen-bond acceptors (Lipinski definition) is 2. The van der Waals surface area contributed by atoms with E-state index in [1.54, 1.807) is 0 Å². The van der Waals surface area contributed by atoms with Gasteiger partial charge >= 0.3 is 0 Å². The van der Waals surface area contributed by atoms with Gasteiger partial charge in [0.15, 0.2) is 0 Å². The highest BCUT2D eigenvalue weighted by Gasteiger charge is 2.13. The van der Waals surface area contributed by atoms with Gasteiger partial charge in [-0.25, -0.2) is 0 Å². The van der Waals surface area contributed by atoms with E-state index in [1.165, 1.54) is 75.8 Å². The van der Waals surface area contributed by atoms with Crippen LogP contribution < -0.4 is 10.2 Å². The monoisotopic (exact) mass is 258 g/mol. The summed E-state index contributed by atoms with van der Waals surface area (Å²) in [7, 11) is 0. The maximum atomic E-state index is 3.69. The number of rotatable bonds is 3. The molecule has 1 aliphatic carbocycles. The molecule has 2 aliphatic rings. The van der Waals surface area contributed by atoms with E-state index < -0.39 is 0 Å². The molecule has 3 rings (SSSR count). The summed E-state index contributed by atoms with van der Waals surface area (Å²) in [6, 6.07) is 9.80. The van der Waals surface area contributed by atoms with Crippen LogP contribution in [0.4, 0.5) is 11.4 Å². The molecule has 104 valence electrons. The fourth-order valence-corrected chi connectivity index (χ4v) is 3.40. The predicted molar refractivity (Wildman–Crippen MR) is 83.0 cm³/mol. The molecule has 1 N–H and O–H groups in total. The molecule has 0 spiro atoms. The Morgan fingerprint density at radius 2 is 1.42 bits per heavy atom. The fraction of sp³-hybridized carbons (Fsp3) is 0.647. The lowest BCUT2D eigenvalue weighted by Crippen LogP contribution is -2.29. The van der Waals surface area contributed by atoms with Gasteiger partial charge in [0.2, 0.25) is 0 Å². The molecule has 2 heteroatoms. The maximum absolute atomic E-state index is 3.69. The Bertz CT molecular complexity index is 373. The Kier molecular flexibility index (Phi) is 4.27. The van der Waals surface area contributed by atoms with Gasteiger partial charge in [0, 0.05) is 30.5 Å². The van der Waals surface area contributed by atoms with E-state index >= 15 is 0 Å². The van der Waals surface area contributed by atoms with Gasteiger partial charge in [-0.1, -0.05) is 19.3 Å². The molecule has 1 aromatic carbocycles. The first-order valence-corrected chi connectivity index (χ1v) is 8.03. The van der Waals surface area contributed by atoms with E-state index in [2.05, 4.69) is 34.5 Å². The van der Waals surface area contributed by atoms with E-state index in [0.717, 1.165) is 0 Å². The SMILES string of the molecule is c1cc(N2CCCCC2)ccc1NC1CCCCC1. The van der Waals surface area contributed by atoms with Crippen molar-refractivity contribution in [2.24, 2.45) is 0 Å². The van der Waals surface area contributed by atoms with Crippen LogP contribution in [0.15, 0.2) is 24.3 Å². The van der Waals surface area contributed by atoms with E-state index in [9.17, 15) is 0 Å². The van der Waals surface area contributed by atoms with Crippen molar-refractivity contribution >= 4 is 11.4 Å². The lowest BCUT2D eigenvalue weighted by molar-refractivity contribution is 0.463. The summed E-state index contributed by atoms with van der Waals surface area (Å²) in [4.78, 5) is 2.52. The third-order valence-electron chi connectivity index (χ3n) is 4.56. The summed E-state index contributed by atoms with van der Waals surface area (Å²) in [5.74, 6) is 0. The highest BCUT2D eigenvalue weighted by Crippen LogP contribution is 2.25. The van der Waals surface area contributed by atoms with Crippen LogP contribution in [-0.2, 0) is 0 Å². The van der Waals surface area contributed by atoms with Crippen LogP contribution >= 0.6 is 0 Å². The van der Waals surface area contributed by atoms with Gasteiger partial charge in [-0.3, -0.25) is 0 Å². The molecular formula is C17H26N2. The third-order valence-corrected chi connectivity index (χ3v) is 4.56. The van der Waals surface area contributed by atoms with Crippen LogP contribution in [-0.4, -0.2) is 19.1 Å². The van der Waals surface area contributed by atoms with Crippen LogP contribution in [0.2, 0.25) is 0 Å². The molecule has 0 bridgehead atoms. The molecule has 1 heterocycles. The summed E-state index contributed by atoms with van der Waals surface area (Å²) in [6.07, 6.45) is 11.0. The normalized spacial score (nSPS) is 21.4. The van der Waals surface area contributed by atoms with Gasteiger partial charge < -0.3 is 10.2 Å². The number of hydrogen-bond donors (Lipinski definition) is 1. The van der Waals surface area contributed by atoms with Crippen molar-refractivity contribution in [1.29, 1.82) is 0 Å². The van der Waals surface area contributed by atoms with Gasteiger partial charge in [0.1, 0.15) is 0 Å². The van der Waals surface area contributed by atoms with Crippen LogP contribution in [0.3, 0.4) is 0 Å². The average Bonchev–Trinajstić information content (AvgIpc) is 2.50. The van der Waals surface area contributed by atoms with E-state index in [1.807, 2.05) is 0 Å². The average molecular weight is 258 g/mol. The van der Waals surface area contributed by atoms with Crippen LogP contribution in [0.25, 0.3) is 0 Å². The predicted octanol–water partition coefficient (Wildman–Crippen LogP) is 4.42. The number of nitrogens with zero attached hydrogens (tertiary/aromatic N) is 1.